The molecule has 2 saturated carbocycles. The van der Waals surface area contributed by atoms with Crippen LogP contribution in [-0.2, 0) is 4.74 Å². The molecule has 1 heterocycles. The average molecular weight is 368 g/mol. The molecule has 3 aliphatic rings. The molecular formula is C15H24BrClO3. The maximum atomic E-state index is 10.3. The molecule has 3 fully saturated rings. The Morgan fingerprint density at radius 2 is 1.95 bits per heavy atom. The van der Waals surface area contributed by atoms with Gasteiger partial charge in [-0.15, -0.1) is 11.6 Å². The van der Waals surface area contributed by atoms with Crippen LogP contribution in [0.3, 0.4) is 0 Å². The van der Waals surface area contributed by atoms with Crippen molar-refractivity contribution < 1.29 is 14.9 Å². The highest BCUT2D eigenvalue weighted by molar-refractivity contribution is 9.09. The lowest BCUT2D eigenvalue weighted by Crippen LogP contribution is -2.54. The number of hydrogen-bond acceptors (Lipinski definition) is 3. The van der Waals surface area contributed by atoms with Gasteiger partial charge in [-0.2, -0.15) is 0 Å². The van der Waals surface area contributed by atoms with E-state index in [0.717, 1.165) is 25.7 Å². The Balaban J connectivity index is 1.76. The molecule has 0 aromatic heterocycles. The zero-order valence-corrected chi connectivity index (χ0v) is 14.5. The normalized spacial score (nSPS) is 54.3. The minimum atomic E-state index is -1.08. The van der Waals surface area contributed by atoms with Crippen molar-refractivity contribution >= 4 is 27.5 Å². The molecule has 0 spiro atoms. The predicted octanol–water partition coefficient (Wildman–Crippen LogP) is 2.84. The van der Waals surface area contributed by atoms with E-state index in [1.54, 1.807) is 0 Å². The van der Waals surface area contributed by atoms with Crippen molar-refractivity contribution in [2.75, 3.05) is 6.61 Å². The molecule has 2 aliphatic carbocycles. The van der Waals surface area contributed by atoms with Gasteiger partial charge in [0.1, 0.15) is 17.8 Å². The van der Waals surface area contributed by atoms with Gasteiger partial charge in [0.2, 0.25) is 0 Å². The number of rotatable bonds is 2. The molecule has 0 aromatic rings. The van der Waals surface area contributed by atoms with Gasteiger partial charge in [0.25, 0.3) is 0 Å². The van der Waals surface area contributed by atoms with E-state index in [0.29, 0.717) is 17.2 Å². The summed E-state index contributed by atoms with van der Waals surface area (Å²) >= 11 is 10.8. The lowest BCUT2D eigenvalue weighted by Gasteiger charge is -2.48. The average Bonchev–Trinajstić information content (AvgIpc) is 3.19. The van der Waals surface area contributed by atoms with E-state index >= 15 is 0 Å². The van der Waals surface area contributed by atoms with Crippen LogP contribution in [0.2, 0.25) is 0 Å². The van der Waals surface area contributed by atoms with E-state index in [-0.39, 0.29) is 29.1 Å². The van der Waals surface area contributed by atoms with Gasteiger partial charge in [0, 0.05) is 4.83 Å². The highest BCUT2D eigenvalue weighted by Gasteiger charge is 2.68. The van der Waals surface area contributed by atoms with Crippen LogP contribution in [0.25, 0.3) is 0 Å². The van der Waals surface area contributed by atoms with Crippen molar-refractivity contribution in [3.63, 3.8) is 0 Å². The molecule has 1 saturated heterocycles. The van der Waals surface area contributed by atoms with Crippen LogP contribution in [-0.4, -0.2) is 44.3 Å². The summed E-state index contributed by atoms with van der Waals surface area (Å²) in [6, 6.07) is 0. The van der Waals surface area contributed by atoms with E-state index in [1.165, 1.54) is 0 Å². The highest BCUT2D eigenvalue weighted by Crippen LogP contribution is 2.59. The molecule has 20 heavy (non-hydrogen) atoms. The lowest BCUT2D eigenvalue weighted by molar-refractivity contribution is -0.0514. The van der Waals surface area contributed by atoms with Gasteiger partial charge in [-0.3, -0.25) is 0 Å². The topological polar surface area (TPSA) is 53.0 Å². The largest absolute Gasteiger partial charge is 0.393 e. The second-order valence-corrected chi connectivity index (χ2v) is 9.41. The summed E-state index contributed by atoms with van der Waals surface area (Å²) in [4.78, 5) is 0.177. The number of ether oxygens (including phenoxy) is 1. The second-order valence-electron chi connectivity index (χ2n) is 7.60. The van der Waals surface area contributed by atoms with Gasteiger partial charge >= 0.3 is 0 Å². The summed E-state index contributed by atoms with van der Waals surface area (Å²) in [5.41, 5.74) is -0.842. The van der Waals surface area contributed by atoms with Gasteiger partial charge in [-0.25, -0.2) is 0 Å². The van der Waals surface area contributed by atoms with Crippen LogP contribution in [0.1, 0.15) is 46.0 Å². The Labute approximate surface area is 134 Å². The number of hydrogen-bond donors (Lipinski definition) is 2. The van der Waals surface area contributed by atoms with Gasteiger partial charge in [0.05, 0.1) is 11.5 Å². The highest BCUT2D eigenvalue weighted by atomic mass is 79.9. The maximum Gasteiger partial charge on any atom is 0.117 e. The van der Waals surface area contributed by atoms with Crippen molar-refractivity contribution in [3.8, 4) is 0 Å². The van der Waals surface area contributed by atoms with Crippen LogP contribution < -0.4 is 0 Å². The summed E-state index contributed by atoms with van der Waals surface area (Å²) < 4.78 is 5.69. The second kappa shape index (κ2) is 4.82. The Hall–Kier alpha value is 0.650. The number of epoxide rings is 1. The van der Waals surface area contributed by atoms with Crippen LogP contribution in [0, 0.1) is 11.3 Å². The van der Waals surface area contributed by atoms with Crippen molar-refractivity contribution in [3.05, 3.63) is 0 Å². The Bertz CT molecular complexity index is 405. The maximum absolute atomic E-state index is 10.3. The third kappa shape index (κ3) is 2.26. The fourth-order valence-electron chi connectivity index (χ4n) is 4.20. The fraction of sp³-hybridized carbons (Fsp3) is 1.00. The van der Waals surface area contributed by atoms with Crippen molar-refractivity contribution in [2.24, 2.45) is 11.3 Å². The number of aliphatic hydroxyl groups is 2. The van der Waals surface area contributed by atoms with E-state index in [4.69, 9.17) is 16.3 Å². The molecule has 0 bridgehead atoms. The molecule has 6 atom stereocenters. The third-order valence-corrected chi connectivity index (χ3v) is 8.19. The van der Waals surface area contributed by atoms with E-state index in [1.807, 2.05) is 0 Å². The molecule has 0 amide bonds. The van der Waals surface area contributed by atoms with Crippen molar-refractivity contribution in [2.45, 2.75) is 73.5 Å². The first-order valence-electron chi connectivity index (χ1n) is 7.55. The van der Waals surface area contributed by atoms with Crippen molar-refractivity contribution in [1.82, 2.24) is 0 Å². The quantitative estimate of drug-likeness (QED) is 0.583. The fourth-order valence-corrected chi connectivity index (χ4v) is 5.09. The zero-order valence-electron chi connectivity index (χ0n) is 12.1. The third-order valence-electron chi connectivity index (χ3n) is 5.78. The smallest absolute Gasteiger partial charge is 0.117 e. The molecule has 0 unspecified atom stereocenters. The first-order chi connectivity index (χ1) is 9.23. The Kier molecular flexibility index (Phi) is 3.75. The molecule has 116 valence electrons. The van der Waals surface area contributed by atoms with Gasteiger partial charge in [-0.05, 0) is 43.4 Å². The minimum Gasteiger partial charge on any atom is -0.393 e. The summed E-state index contributed by atoms with van der Waals surface area (Å²) in [7, 11) is 0. The summed E-state index contributed by atoms with van der Waals surface area (Å²) in [6.07, 6.45) is 4.20. The molecule has 5 heteroatoms. The van der Waals surface area contributed by atoms with Gasteiger partial charge in [-0.1, -0.05) is 29.8 Å². The number of fused-ring (bicyclic) bond motifs is 1. The number of alkyl halides is 2. The van der Waals surface area contributed by atoms with E-state index < -0.39 is 5.60 Å². The first-order valence-corrected chi connectivity index (χ1v) is 8.84. The SMILES string of the molecule is CC1(C)C[C@@H]([C@]2(Cl)CC[C@](O)(CO)[C@H]3O[C@H]32)CC[C@@H]1Br. The summed E-state index contributed by atoms with van der Waals surface area (Å²) in [6.45, 7) is 4.34. The molecule has 0 radical (unpaired) electrons. The standard InChI is InChI=1S/C15H24BrClO3/c1-13(2)7-9(3-4-10(13)16)15(17)6-5-14(19,8-18)11-12(15)20-11/h9-12,18-19H,3-8H2,1-2H3/t9-,10-,11-,12+,14-,15+/m0/s1. The van der Waals surface area contributed by atoms with Crippen LogP contribution in [0.4, 0.5) is 0 Å². The van der Waals surface area contributed by atoms with Crippen LogP contribution in [0.15, 0.2) is 0 Å². The molecule has 2 N–H and O–H groups in total. The van der Waals surface area contributed by atoms with E-state index in [2.05, 4.69) is 29.8 Å². The molecule has 3 nitrogen and oxygen atoms in total. The number of halogens is 2. The van der Waals surface area contributed by atoms with Gasteiger partial charge < -0.3 is 14.9 Å². The molecule has 1 aliphatic heterocycles. The molecule has 0 aromatic carbocycles. The lowest BCUT2D eigenvalue weighted by atomic mass is 9.63. The monoisotopic (exact) mass is 366 g/mol. The summed E-state index contributed by atoms with van der Waals surface area (Å²) in [5, 5.41) is 19.7. The van der Waals surface area contributed by atoms with Crippen molar-refractivity contribution in [1.29, 1.82) is 0 Å². The van der Waals surface area contributed by atoms with E-state index in [9.17, 15) is 10.2 Å². The molecular weight excluding hydrogens is 344 g/mol. The summed E-state index contributed by atoms with van der Waals surface area (Å²) in [5.74, 6) is 0.422. The zero-order chi connectivity index (χ0) is 14.8. The Morgan fingerprint density at radius 1 is 1.25 bits per heavy atom. The van der Waals surface area contributed by atoms with Crippen LogP contribution >= 0.6 is 27.5 Å². The minimum absolute atomic E-state index is 0.0947. The van der Waals surface area contributed by atoms with Gasteiger partial charge in [0.15, 0.2) is 0 Å². The number of aliphatic hydroxyl groups excluding tert-OH is 1. The predicted molar refractivity (Wildman–Crippen MR) is 82.4 cm³/mol. The first kappa shape index (κ1) is 15.5. The Morgan fingerprint density at radius 3 is 2.55 bits per heavy atom. The molecule has 3 rings (SSSR count). The van der Waals surface area contributed by atoms with Crippen LogP contribution in [0.5, 0.6) is 0 Å².